The van der Waals surface area contributed by atoms with E-state index in [-0.39, 0.29) is 16.5 Å². The van der Waals surface area contributed by atoms with E-state index in [1.54, 1.807) is 19.2 Å². The van der Waals surface area contributed by atoms with Crippen LogP contribution in [-0.2, 0) is 4.79 Å². The van der Waals surface area contributed by atoms with Crippen LogP contribution < -0.4 is 5.43 Å². The first-order valence-electron chi connectivity index (χ1n) is 7.68. The number of aromatic nitrogens is 1. The number of carboxylic acids is 1. The van der Waals surface area contributed by atoms with Gasteiger partial charge in [-0.15, -0.1) is 23.1 Å². The summed E-state index contributed by atoms with van der Waals surface area (Å²) in [5, 5.41) is 14.0. The first kappa shape index (κ1) is 18.1. The number of nitrogens with zero attached hydrogens (tertiary/aromatic N) is 2. The monoisotopic (exact) mass is 385 g/mol. The van der Waals surface area contributed by atoms with Crippen LogP contribution in [0.25, 0.3) is 10.9 Å². The second-order valence-corrected chi connectivity index (χ2v) is 7.42. The van der Waals surface area contributed by atoms with E-state index in [9.17, 15) is 9.59 Å². The first-order valence-corrected chi connectivity index (χ1v) is 9.48. The molecule has 0 atom stereocenters. The molecule has 2 N–H and O–H groups in total. The predicted molar refractivity (Wildman–Crippen MR) is 104 cm³/mol. The first-order chi connectivity index (χ1) is 12.5. The van der Waals surface area contributed by atoms with Gasteiger partial charge in [0.05, 0.1) is 21.9 Å². The lowest BCUT2D eigenvalue weighted by molar-refractivity contribution is -0.118. The van der Waals surface area contributed by atoms with Crippen LogP contribution in [0.3, 0.4) is 0 Å². The molecule has 0 aliphatic heterocycles. The van der Waals surface area contributed by atoms with Gasteiger partial charge < -0.3 is 5.11 Å². The van der Waals surface area contributed by atoms with Crippen molar-refractivity contribution in [1.29, 1.82) is 0 Å². The van der Waals surface area contributed by atoms with Gasteiger partial charge in [-0.1, -0.05) is 18.2 Å². The number of para-hydroxylation sites is 1. The number of thioether (sulfide) groups is 1. The maximum absolute atomic E-state index is 12.1. The van der Waals surface area contributed by atoms with E-state index in [0.717, 1.165) is 27.1 Å². The number of hydrogen-bond donors (Lipinski definition) is 2. The van der Waals surface area contributed by atoms with Crippen molar-refractivity contribution in [3.05, 3.63) is 58.4 Å². The fourth-order valence-corrected chi connectivity index (χ4v) is 3.84. The molecule has 1 amide bonds. The molecule has 26 heavy (non-hydrogen) atoms. The van der Waals surface area contributed by atoms with Crippen LogP contribution in [0.4, 0.5) is 0 Å². The molecule has 8 heteroatoms. The Morgan fingerprint density at radius 2 is 1.96 bits per heavy atom. The van der Waals surface area contributed by atoms with Crippen LogP contribution >= 0.6 is 23.1 Å². The van der Waals surface area contributed by atoms with Crippen LogP contribution in [0.2, 0.25) is 0 Å². The third kappa shape index (κ3) is 4.27. The van der Waals surface area contributed by atoms with Gasteiger partial charge >= 0.3 is 5.97 Å². The van der Waals surface area contributed by atoms with Crippen molar-refractivity contribution < 1.29 is 14.7 Å². The van der Waals surface area contributed by atoms with Crippen LogP contribution in [0, 0.1) is 0 Å². The lowest BCUT2D eigenvalue weighted by Gasteiger charge is -2.05. The van der Waals surface area contributed by atoms with Gasteiger partial charge in [0.2, 0.25) is 5.91 Å². The van der Waals surface area contributed by atoms with Crippen molar-refractivity contribution in [3.63, 3.8) is 0 Å². The smallest absolute Gasteiger partial charge is 0.345 e. The maximum Gasteiger partial charge on any atom is 0.345 e. The van der Waals surface area contributed by atoms with Gasteiger partial charge in [0.1, 0.15) is 4.88 Å². The number of fused-ring (bicyclic) bond motifs is 1. The van der Waals surface area contributed by atoms with Gasteiger partial charge in [-0.05, 0) is 31.2 Å². The molecule has 0 radical (unpaired) electrons. The van der Waals surface area contributed by atoms with E-state index in [2.05, 4.69) is 15.5 Å². The quantitative estimate of drug-likeness (QED) is 0.384. The fraction of sp³-hybridized carbons (Fsp3) is 0.111. The number of pyridine rings is 1. The Morgan fingerprint density at radius 1 is 1.19 bits per heavy atom. The molecule has 2 aromatic heterocycles. The Morgan fingerprint density at radius 3 is 2.73 bits per heavy atom. The van der Waals surface area contributed by atoms with Crippen LogP contribution in [0.15, 0.2) is 58.7 Å². The van der Waals surface area contributed by atoms with Crippen LogP contribution in [0.1, 0.15) is 21.5 Å². The zero-order valence-electron chi connectivity index (χ0n) is 13.8. The highest BCUT2D eigenvalue weighted by molar-refractivity contribution is 8.00. The predicted octanol–water partition coefficient (Wildman–Crippen LogP) is 3.63. The minimum atomic E-state index is -0.974. The Bertz CT molecular complexity index is 993. The lowest BCUT2D eigenvalue weighted by atomic mass is 10.2. The van der Waals surface area contributed by atoms with E-state index in [1.165, 1.54) is 17.8 Å². The number of carbonyl (C=O) groups excluding carboxylic acids is 1. The van der Waals surface area contributed by atoms with Gasteiger partial charge in [-0.25, -0.2) is 10.2 Å². The molecule has 0 saturated carbocycles. The number of rotatable bonds is 6. The summed E-state index contributed by atoms with van der Waals surface area (Å²) in [7, 11) is 0. The van der Waals surface area contributed by atoms with Crippen molar-refractivity contribution in [2.45, 2.75) is 11.8 Å². The molecule has 6 nitrogen and oxygen atoms in total. The summed E-state index contributed by atoms with van der Waals surface area (Å²) < 4.78 is 0. The minimum absolute atomic E-state index is 0.206. The second-order valence-electron chi connectivity index (χ2n) is 5.32. The highest BCUT2D eigenvalue weighted by Gasteiger charge is 2.10. The maximum atomic E-state index is 12.1. The van der Waals surface area contributed by atoms with Crippen LogP contribution in [0.5, 0.6) is 0 Å². The molecule has 0 bridgehead atoms. The Balaban J connectivity index is 1.60. The van der Waals surface area contributed by atoms with Crippen molar-refractivity contribution in [1.82, 2.24) is 10.4 Å². The molecular weight excluding hydrogens is 370 g/mol. The van der Waals surface area contributed by atoms with Crippen molar-refractivity contribution in [3.8, 4) is 0 Å². The number of benzene rings is 1. The van der Waals surface area contributed by atoms with Gasteiger partial charge in [0, 0.05) is 16.5 Å². The van der Waals surface area contributed by atoms with Crippen molar-refractivity contribution in [2.24, 2.45) is 5.10 Å². The Labute approximate surface area is 158 Å². The average molecular weight is 385 g/mol. The van der Waals surface area contributed by atoms with E-state index in [0.29, 0.717) is 10.6 Å². The minimum Gasteiger partial charge on any atom is -0.477 e. The highest BCUT2D eigenvalue weighted by Crippen LogP contribution is 2.25. The number of aromatic carboxylic acids is 1. The summed E-state index contributed by atoms with van der Waals surface area (Å²) in [5.41, 5.74) is 3.94. The number of thiophene rings is 1. The summed E-state index contributed by atoms with van der Waals surface area (Å²) >= 11 is 2.51. The van der Waals surface area contributed by atoms with E-state index in [4.69, 9.17) is 5.11 Å². The lowest BCUT2D eigenvalue weighted by Crippen LogP contribution is -2.21. The van der Waals surface area contributed by atoms with Crippen LogP contribution in [-0.4, -0.2) is 33.4 Å². The fourth-order valence-electron chi connectivity index (χ4n) is 2.22. The average Bonchev–Trinajstić information content (AvgIpc) is 3.15. The third-order valence-corrected chi connectivity index (χ3v) is 5.71. The molecule has 3 rings (SSSR count). The standard InChI is InChI=1S/C18H15N3O3S2/c1-11(13-7-8-15(26-13)18(23)24)20-21-16(22)10-25-14-6-2-4-12-5-3-9-19-17(12)14/h2-9H,10H2,1H3,(H,21,22)(H,23,24)/b20-11-. The molecule has 2 heterocycles. The zero-order chi connectivity index (χ0) is 18.5. The summed E-state index contributed by atoms with van der Waals surface area (Å²) in [5.74, 6) is -1.01. The van der Waals surface area contributed by atoms with E-state index in [1.807, 2.05) is 30.3 Å². The zero-order valence-corrected chi connectivity index (χ0v) is 15.4. The Hall–Kier alpha value is -2.71. The molecule has 0 saturated heterocycles. The molecule has 0 fully saturated rings. The highest BCUT2D eigenvalue weighted by atomic mass is 32.2. The molecule has 132 valence electrons. The van der Waals surface area contributed by atoms with Gasteiger partial charge in [0.25, 0.3) is 0 Å². The largest absolute Gasteiger partial charge is 0.477 e. The topological polar surface area (TPSA) is 91.7 Å². The summed E-state index contributed by atoms with van der Waals surface area (Å²) in [6.45, 7) is 1.72. The second kappa shape index (κ2) is 8.11. The number of hydrazone groups is 1. The van der Waals surface area contributed by atoms with Gasteiger partial charge in [0.15, 0.2) is 0 Å². The van der Waals surface area contributed by atoms with Crippen molar-refractivity contribution >= 4 is 51.6 Å². The number of amides is 1. The molecule has 1 aromatic carbocycles. The molecular formula is C18H15N3O3S2. The molecule has 0 unspecified atom stereocenters. The number of nitrogens with one attached hydrogen (secondary N) is 1. The molecule has 3 aromatic rings. The molecule has 0 spiro atoms. The SMILES string of the molecule is C/C(=N/NC(=O)CSc1cccc2cccnc12)c1ccc(C(=O)O)s1. The normalized spacial score (nSPS) is 11.5. The van der Waals surface area contributed by atoms with Gasteiger partial charge in [-0.3, -0.25) is 9.78 Å². The summed E-state index contributed by atoms with van der Waals surface area (Å²) in [4.78, 5) is 29.2. The third-order valence-electron chi connectivity index (χ3n) is 3.48. The van der Waals surface area contributed by atoms with Crippen molar-refractivity contribution in [2.75, 3.05) is 5.75 Å². The van der Waals surface area contributed by atoms with E-state index >= 15 is 0 Å². The Kier molecular flexibility index (Phi) is 5.65. The molecule has 0 aliphatic carbocycles. The molecule has 0 aliphatic rings. The summed E-state index contributed by atoms with van der Waals surface area (Å²) in [6, 6.07) is 12.9. The number of carbonyl (C=O) groups is 2. The number of carboxylic acid groups (broad SMARTS) is 1. The van der Waals surface area contributed by atoms with Gasteiger partial charge in [-0.2, -0.15) is 5.10 Å². The summed E-state index contributed by atoms with van der Waals surface area (Å²) in [6.07, 6.45) is 1.73. The number of hydrogen-bond acceptors (Lipinski definition) is 6. The van der Waals surface area contributed by atoms with E-state index < -0.39 is 5.97 Å².